The monoisotopic (exact) mass is 494 g/mol. The number of carboxylic acids is 1. The van der Waals surface area contributed by atoms with E-state index in [0.717, 1.165) is 22.6 Å². The normalized spacial score (nSPS) is 12.4. The second-order valence-corrected chi connectivity index (χ2v) is 11.2. The van der Waals surface area contributed by atoms with Crippen LogP contribution in [0.1, 0.15) is 73.7 Å². The van der Waals surface area contributed by atoms with Gasteiger partial charge in [-0.1, -0.05) is 58.9 Å². The first kappa shape index (κ1) is 26.4. The number of nitrogens with one attached hydrogen (secondary N) is 1. The Kier molecular flexibility index (Phi) is 8.67. The Bertz CT molecular complexity index is 1130. The number of nitrogens with zero attached hydrogens (tertiary/aromatic N) is 1. The molecule has 1 aromatic carbocycles. The van der Waals surface area contributed by atoms with Crippen molar-refractivity contribution in [2.45, 2.75) is 59.0 Å². The Morgan fingerprint density at radius 2 is 1.77 bits per heavy atom. The minimum absolute atomic E-state index is 0.101. The highest BCUT2D eigenvalue weighted by molar-refractivity contribution is 7.14. The molecule has 0 fully saturated rings. The number of pyridine rings is 1. The van der Waals surface area contributed by atoms with Gasteiger partial charge in [0.25, 0.3) is 5.91 Å². The molecule has 0 saturated carbocycles. The number of carboxylic acid groups (broad SMARTS) is 1. The van der Waals surface area contributed by atoms with Crippen LogP contribution in [0.15, 0.2) is 54.7 Å². The second-order valence-electron chi connectivity index (χ2n) is 10.0. The van der Waals surface area contributed by atoms with E-state index in [0.29, 0.717) is 16.5 Å². The van der Waals surface area contributed by atoms with Gasteiger partial charge in [0.15, 0.2) is 0 Å². The number of ether oxygens (including phenoxy) is 1. The van der Waals surface area contributed by atoms with Gasteiger partial charge in [0.1, 0.15) is 11.9 Å². The lowest BCUT2D eigenvalue weighted by Gasteiger charge is -2.20. The van der Waals surface area contributed by atoms with E-state index in [1.54, 1.807) is 12.3 Å². The number of benzene rings is 1. The van der Waals surface area contributed by atoms with Crippen LogP contribution in [0.3, 0.4) is 0 Å². The van der Waals surface area contributed by atoms with Crippen molar-refractivity contribution in [3.8, 4) is 17.0 Å². The molecule has 35 heavy (non-hydrogen) atoms. The van der Waals surface area contributed by atoms with Gasteiger partial charge < -0.3 is 15.2 Å². The lowest BCUT2D eigenvalue weighted by atomic mass is 9.86. The van der Waals surface area contributed by atoms with E-state index >= 15 is 0 Å². The fourth-order valence-electron chi connectivity index (χ4n) is 3.59. The number of thiophene rings is 1. The fourth-order valence-corrected chi connectivity index (χ4v) is 4.56. The number of hydrogen-bond acceptors (Lipinski definition) is 5. The third-order valence-corrected chi connectivity index (χ3v) is 6.72. The van der Waals surface area contributed by atoms with Gasteiger partial charge in [-0.05, 0) is 47.6 Å². The lowest BCUT2D eigenvalue weighted by Crippen LogP contribution is -2.25. The molecule has 3 aromatic rings. The zero-order valence-electron chi connectivity index (χ0n) is 21.0. The molecule has 186 valence electrons. The molecule has 2 N–H and O–H groups in total. The quantitative estimate of drug-likeness (QED) is 0.337. The average Bonchev–Trinajstić information content (AvgIpc) is 3.29. The number of aromatic nitrogens is 1. The van der Waals surface area contributed by atoms with Crippen LogP contribution in [-0.4, -0.2) is 28.5 Å². The van der Waals surface area contributed by atoms with Gasteiger partial charge in [-0.3, -0.25) is 14.6 Å². The summed E-state index contributed by atoms with van der Waals surface area (Å²) in [5.41, 5.74) is 3.33. The summed E-state index contributed by atoms with van der Waals surface area (Å²) in [6.07, 6.45) is 2.22. The maximum Gasteiger partial charge on any atom is 0.305 e. The zero-order valence-corrected chi connectivity index (χ0v) is 21.8. The SMILES string of the molecule is CC(C)CC(Oc1ccc(-c2ccc(C(C)(C)C)cc2)nc1)c1ccc(C(=O)NCCC(=O)O)s1. The number of carbonyl (C=O) groups excluding carboxylic acids is 1. The van der Waals surface area contributed by atoms with Crippen LogP contribution in [0.4, 0.5) is 0 Å². The Labute approximate surface area is 211 Å². The van der Waals surface area contributed by atoms with Gasteiger partial charge in [-0.15, -0.1) is 11.3 Å². The van der Waals surface area contributed by atoms with Crippen molar-refractivity contribution in [1.29, 1.82) is 0 Å². The van der Waals surface area contributed by atoms with Gasteiger partial charge in [0, 0.05) is 17.0 Å². The predicted octanol–water partition coefficient (Wildman–Crippen LogP) is 6.48. The number of rotatable bonds is 10. The number of aliphatic carboxylic acids is 1. The van der Waals surface area contributed by atoms with E-state index in [9.17, 15) is 9.59 Å². The minimum Gasteiger partial charge on any atom is -0.483 e. The van der Waals surface area contributed by atoms with Crippen LogP contribution in [0, 0.1) is 5.92 Å². The smallest absolute Gasteiger partial charge is 0.305 e. The van der Waals surface area contributed by atoms with Crippen LogP contribution < -0.4 is 10.1 Å². The molecule has 3 rings (SSSR count). The standard InChI is InChI=1S/C28H34N2O4S/c1-18(2)16-23(24-12-13-25(35-24)27(33)29-15-14-26(31)32)34-21-10-11-22(30-17-21)19-6-8-20(9-7-19)28(3,4)5/h6-13,17-18,23H,14-16H2,1-5H3,(H,29,33)(H,31,32). The molecule has 0 bridgehead atoms. The number of hydrogen-bond donors (Lipinski definition) is 2. The first-order chi connectivity index (χ1) is 16.5. The third kappa shape index (κ3) is 7.65. The van der Waals surface area contributed by atoms with Crippen LogP contribution in [0.5, 0.6) is 5.75 Å². The first-order valence-corrected chi connectivity index (χ1v) is 12.7. The van der Waals surface area contributed by atoms with Crippen LogP contribution in [0.25, 0.3) is 11.3 Å². The summed E-state index contributed by atoms with van der Waals surface area (Å²) in [6.45, 7) is 11.0. The second kappa shape index (κ2) is 11.5. The molecule has 7 heteroatoms. The molecule has 1 amide bonds. The Hall–Kier alpha value is -3.19. The topological polar surface area (TPSA) is 88.5 Å². The maximum absolute atomic E-state index is 12.3. The highest BCUT2D eigenvalue weighted by Gasteiger charge is 2.20. The molecular weight excluding hydrogens is 460 g/mol. The predicted molar refractivity (Wildman–Crippen MR) is 140 cm³/mol. The Balaban J connectivity index is 1.70. The van der Waals surface area contributed by atoms with Crippen LogP contribution >= 0.6 is 11.3 Å². The van der Waals surface area contributed by atoms with E-state index in [4.69, 9.17) is 9.84 Å². The molecule has 0 radical (unpaired) electrons. The van der Waals surface area contributed by atoms with Crippen molar-refractivity contribution < 1.29 is 19.4 Å². The summed E-state index contributed by atoms with van der Waals surface area (Å²) in [5.74, 6) is -0.145. The van der Waals surface area contributed by atoms with E-state index in [-0.39, 0.29) is 30.4 Å². The zero-order chi connectivity index (χ0) is 25.6. The van der Waals surface area contributed by atoms with E-state index in [1.807, 2.05) is 18.2 Å². The molecule has 0 aliphatic heterocycles. The van der Waals surface area contributed by atoms with Crippen molar-refractivity contribution in [2.75, 3.05) is 6.54 Å². The van der Waals surface area contributed by atoms with E-state index < -0.39 is 5.97 Å². The molecule has 2 heterocycles. The average molecular weight is 495 g/mol. The minimum atomic E-state index is -0.941. The molecule has 1 unspecified atom stereocenters. The van der Waals surface area contributed by atoms with Gasteiger partial charge in [0.2, 0.25) is 0 Å². The lowest BCUT2D eigenvalue weighted by molar-refractivity contribution is -0.136. The highest BCUT2D eigenvalue weighted by atomic mass is 32.1. The number of carbonyl (C=O) groups is 2. The largest absolute Gasteiger partial charge is 0.483 e. The van der Waals surface area contributed by atoms with Crippen LogP contribution in [-0.2, 0) is 10.2 Å². The number of amides is 1. The Morgan fingerprint density at radius 1 is 1.06 bits per heavy atom. The summed E-state index contributed by atoms with van der Waals surface area (Å²) in [4.78, 5) is 29.1. The van der Waals surface area contributed by atoms with Crippen LogP contribution in [0.2, 0.25) is 0 Å². The molecule has 0 aliphatic carbocycles. The van der Waals surface area contributed by atoms with E-state index in [1.165, 1.54) is 16.9 Å². The molecule has 1 atom stereocenters. The van der Waals surface area contributed by atoms with Gasteiger partial charge in [0.05, 0.1) is 23.2 Å². The molecule has 0 spiro atoms. The van der Waals surface area contributed by atoms with Gasteiger partial charge in [-0.2, -0.15) is 0 Å². The summed E-state index contributed by atoms with van der Waals surface area (Å²) >= 11 is 1.37. The van der Waals surface area contributed by atoms with Crippen molar-refractivity contribution in [2.24, 2.45) is 5.92 Å². The van der Waals surface area contributed by atoms with Crippen molar-refractivity contribution in [3.05, 3.63) is 70.0 Å². The van der Waals surface area contributed by atoms with Crippen molar-refractivity contribution in [3.63, 3.8) is 0 Å². The maximum atomic E-state index is 12.3. The van der Waals surface area contributed by atoms with Gasteiger partial charge in [-0.25, -0.2) is 0 Å². The summed E-state index contributed by atoms with van der Waals surface area (Å²) in [7, 11) is 0. The summed E-state index contributed by atoms with van der Waals surface area (Å²) in [6, 6.07) is 16.0. The van der Waals surface area contributed by atoms with Crippen molar-refractivity contribution in [1.82, 2.24) is 10.3 Å². The Morgan fingerprint density at radius 3 is 2.34 bits per heavy atom. The van der Waals surface area contributed by atoms with Gasteiger partial charge >= 0.3 is 5.97 Å². The van der Waals surface area contributed by atoms with E-state index in [2.05, 4.69) is 69.2 Å². The first-order valence-electron chi connectivity index (χ1n) is 11.9. The molecule has 2 aromatic heterocycles. The summed E-state index contributed by atoms with van der Waals surface area (Å²) in [5, 5.41) is 11.4. The van der Waals surface area contributed by atoms with Crippen molar-refractivity contribution >= 4 is 23.2 Å². The molecule has 0 aliphatic rings. The third-order valence-electron chi connectivity index (χ3n) is 5.54. The molecule has 6 nitrogen and oxygen atoms in total. The fraction of sp³-hybridized carbons (Fsp3) is 0.393. The highest BCUT2D eigenvalue weighted by Crippen LogP contribution is 2.33. The molecule has 0 saturated heterocycles. The molecular formula is C28H34N2O4S. The summed E-state index contributed by atoms with van der Waals surface area (Å²) < 4.78 is 6.31.